The van der Waals surface area contributed by atoms with Crippen molar-refractivity contribution in [2.45, 2.75) is 25.5 Å². The number of para-hydroxylation sites is 2. The molecule has 5 rings (SSSR count). The minimum Gasteiger partial charge on any atom is -0.486 e. The van der Waals surface area contributed by atoms with Gasteiger partial charge in [-0.25, -0.2) is 9.18 Å². The molecule has 0 spiro atoms. The number of benzene rings is 4. The van der Waals surface area contributed by atoms with Crippen LogP contribution >= 0.6 is 12.4 Å². The summed E-state index contributed by atoms with van der Waals surface area (Å²) in [4.78, 5) is 12.7. The van der Waals surface area contributed by atoms with E-state index >= 15 is 4.39 Å². The normalized spacial score (nSPS) is 15.2. The maximum absolute atomic E-state index is 15.1. The van der Waals surface area contributed by atoms with Crippen LogP contribution in [-0.4, -0.2) is 36.9 Å². The number of hydrogen-bond acceptors (Lipinski definition) is 5. The second-order valence-corrected chi connectivity index (χ2v) is 9.15. The Morgan fingerprint density at radius 3 is 2.66 bits per heavy atom. The number of ether oxygens (including phenoxy) is 2. The topological polar surface area (TPSA) is 71.0 Å². The van der Waals surface area contributed by atoms with Gasteiger partial charge in [-0.2, -0.15) is 0 Å². The van der Waals surface area contributed by atoms with Gasteiger partial charge in [-0.1, -0.05) is 54.6 Å². The van der Waals surface area contributed by atoms with Gasteiger partial charge in [0.05, 0.1) is 17.9 Å². The summed E-state index contributed by atoms with van der Waals surface area (Å²) in [7, 11) is 0. The van der Waals surface area contributed by atoms with E-state index in [0.29, 0.717) is 18.0 Å². The fourth-order valence-electron chi connectivity index (χ4n) is 4.82. The first-order chi connectivity index (χ1) is 18.0. The summed E-state index contributed by atoms with van der Waals surface area (Å²) in [5, 5.41) is 14.9. The van der Waals surface area contributed by atoms with Gasteiger partial charge >= 0.3 is 5.97 Å². The van der Waals surface area contributed by atoms with Gasteiger partial charge in [0.15, 0.2) is 12.4 Å². The van der Waals surface area contributed by atoms with E-state index in [4.69, 9.17) is 14.6 Å². The van der Waals surface area contributed by atoms with Crippen LogP contribution in [0, 0.1) is 5.82 Å². The van der Waals surface area contributed by atoms with Crippen molar-refractivity contribution in [1.82, 2.24) is 5.32 Å². The van der Waals surface area contributed by atoms with Crippen molar-refractivity contribution in [3.05, 3.63) is 96.3 Å². The molecule has 6 nitrogen and oxygen atoms in total. The van der Waals surface area contributed by atoms with Crippen LogP contribution in [0.1, 0.15) is 24.9 Å². The number of halogens is 2. The number of nitrogens with one attached hydrogen (secondary N) is 1. The van der Waals surface area contributed by atoms with Gasteiger partial charge in [0.25, 0.3) is 0 Å². The molecule has 0 radical (unpaired) electrons. The first kappa shape index (κ1) is 27.2. The number of aliphatic carboxylic acids is 1. The van der Waals surface area contributed by atoms with Gasteiger partial charge in [-0.3, -0.25) is 0 Å². The zero-order valence-electron chi connectivity index (χ0n) is 21.0. The molecule has 1 aliphatic rings. The van der Waals surface area contributed by atoms with Gasteiger partial charge in [0.2, 0.25) is 0 Å². The highest BCUT2D eigenvalue weighted by molar-refractivity contribution is 5.86. The maximum atomic E-state index is 15.1. The highest BCUT2D eigenvalue weighted by Crippen LogP contribution is 2.40. The Morgan fingerprint density at radius 2 is 1.84 bits per heavy atom. The Bertz CT molecular complexity index is 1410. The molecule has 0 amide bonds. The number of hydrogen-bond donors (Lipinski definition) is 2. The summed E-state index contributed by atoms with van der Waals surface area (Å²) in [5.74, 6) is -0.723. The molecule has 4 aromatic carbocycles. The van der Waals surface area contributed by atoms with E-state index in [2.05, 4.69) is 48.6 Å². The van der Waals surface area contributed by atoms with Gasteiger partial charge < -0.3 is 24.8 Å². The predicted molar refractivity (Wildman–Crippen MR) is 150 cm³/mol. The lowest BCUT2D eigenvalue weighted by Crippen LogP contribution is -2.39. The second-order valence-electron chi connectivity index (χ2n) is 9.15. The molecule has 0 aliphatic carbocycles. The highest BCUT2D eigenvalue weighted by Gasteiger charge is 2.28. The molecule has 38 heavy (non-hydrogen) atoms. The van der Waals surface area contributed by atoms with Crippen LogP contribution in [0.3, 0.4) is 0 Å². The average molecular weight is 537 g/mol. The first-order valence-corrected chi connectivity index (χ1v) is 12.4. The standard InChI is InChI=1S/C30H29FN2O4.ClH/c1-20(24-10-6-8-21-7-2-3-9-25(21)24)32-16-15-23-18-33(28-11-4-5-12-29(28)37-23)27-14-13-22(17-26(27)31)36-19-30(34)35;/h2-14,17,20,23,32H,15-16,18-19H2,1H3,(H,34,35);1H/t20-,23?;/m1./s1. The zero-order chi connectivity index (χ0) is 25.8. The van der Waals surface area contributed by atoms with Crippen LogP contribution in [0.2, 0.25) is 0 Å². The van der Waals surface area contributed by atoms with Gasteiger partial charge in [0, 0.05) is 12.1 Å². The Morgan fingerprint density at radius 1 is 1.08 bits per heavy atom. The van der Waals surface area contributed by atoms with Crippen LogP contribution in [0.5, 0.6) is 11.5 Å². The molecule has 0 bridgehead atoms. The van der Waals surface area contributed by atoms with E-state index in [1.54, 1.807) is 12.1 Å². The number of anilines is 2. The molecule has 198 valence electrons. The van der Waals surface area contributed by atoms with Gasteiger partial charge in [-0.05, 0) is 60.5 Å². The molecule has 0 fully saturated rings. The second kappa shape index (κ2) is 12.2. The minimum absolute atomic E-state index is 0. The summed E-state index contributed by atoms with van der Waals surface area (Å²) < 4.78 is 26.5. The van der Waals surface area contributed by atoms with Crippen LogP contribution in [0.25, 0.3) is 10.8 Å². The van der Waals surface area contributed by atoms with Crippen molar-refractivity contribution in [3.63, 3.8) is 0 Å². The van der Waals surface area contributed by atoms with Crippen molar-refractivity contribution in [2.75, 3.05) is 24.6 Å². The summed E-state index contributed by atoms with van der Waals surface area (Å²) in [6, 6.07) is 26.9. The summed E-state index contributed by atoms with van der Waals surface area (Å²) in [6.07, 6.45) is 0.589. The average Bonchev–Trinajstić information content (AvgIpc) is 2.91. The molecular formula is C30H30ClFN2O4. The van der Waals surface area contributed by atoms with Crippen molar-refractivity contribution < 1.29 is 23.8 Å². The van der Waals surface area contributed by atoms with Crippen LogP contribution in [0.15, 0.2) is 84.9 Å². The molecular weight excluding hydrogens is 507 g/mol. The Kier molecular flexibility index (Phi) is 8.71. The van der Waals surface area contributed by atoms with Crippen molar-refractivity contribution in [3.8, 4) is 11.5 Å². The molecule has 2 N–H and O–H groups in total. The number of carboxylic acids is 1. The minimum atomic E-state index is -1.11. The number of nitrogens with zero attached hydrogens (tertiary/aromatic N) is 1. The molecule has 1 heterocycles. The van der Waals surface area contributed by atoms with Crippen LogP contribution < -0.4 is 19.7 Å². The Hall–Kier alpha value is -3.81. The molecule has 2 atom stereocenters. The molecule has 4 aromatic rings. The number of carboxylic acid groups (broad SMARTS) is 1. The lowest BCUT2D eigenvalue weighted by molar-refractivity contribution is -0.139. The Labute approximate surface area is 227 Å². The highest BCUT2D eigenvalue weighted by atomic mass is 35.5. The first-order valence-electron chi connectivity index (χ1n) is 12.4. The summed E-state index contributed by atoms with van der Waals surface area (Å²) >= 11 is 0. The fourth-order valence-corrected chi connectivity index (χ4v) is 4.82. The van der Waals surface area contributed by atoms with Gasteiger partial charge in [0.1, 0.15) is 17.6 Å². The van der Waals surface area contributed by atoms with Crippen molar-refractivity contribution >= 4 is 40.5 Å². The van der Waals surface area contributed by atoms with Gasteiger partial charge in [-0.15, -0.1) is 12.4 Å². The summed E-state index contributed by atoms with van der Waals surface area (Å²) in [5.41, 5.74) is 2.43. The van der Waals surface area contributed by atoms with Crippen LogP contribution in [-0.2, 0) is 4.79 Å². The molecule has 1 unspecified atom stereocenters. The Balaban J connectivity index is 0.00000336. The third-order valence-electron chi connectivity index (χ3n) is 6.61. The van der Waals surface area contributed by atoms with Crippen molar-refractivity contribution in [1.29, 1.82) is 0 Å². The monoisotopic (exact) mass is 536 g/mol. The molecule has 8 heteroatoms. The van der Waals surface area contributed by atoms with E-state index in [-0.39, 0.29) is 30.3 Å². The smallest absolute Gasteiger partial charge is 0.341 e. The lowest BCUT2D eigenvalue weighted by atomic mass is 9.99. The maximum Gasteiger partial charge on any atom is 0.341 e. The van der Waals surface area contributed by atoms with Crippen LogP contribution in [0.4, 0.5) is 15.8 Å². The fraction of sp³-hybridized carbons (Fsp3) is 0.233. The third-order valence-corrected chi connectivity index (χ3v) is 6.61. The van der Waals surface area contributed by atoms with E-state index in [1.165, 1.54) is 22.4 Å². The molecule has 0 saturated carbocycles. The predicted octanol–water partition coefficient (Wildman–Crippen LogP) is 6.50. The number of rotatable bonds is 9. The van der Waals surface area contributed by atoms with Crippen molar-refractivity contribution in [2.24, 2.45) is 0 Å². The summed E-state index contributed by atoms with van der Waals surface area (Å²) in [6.45, 7) is 2.85. The molecule has 1 aliphatic heterocycles. The van der Waals surface area contributed by atoms with E-state index in [1.807, 2.05) is 35.2 Å². The SMILES string of the molecule is C[C@@H](NCCC1CN(c2ccc(OCC(=O)O)cc2F)c2ccccc2O1)c1cccc2ccccc12.Cl. The third kappa shape index (κ3) is 6.01. The van der Waals surface area contributed by atoms with E-state index in [9.17, 15) is 4.79 Å². The number of carbonyl (C=O) groups is 1. The quantitative estimate of drug-likeness (QED) is 0.254. The zero-order valence-corrected chi connectivity index (χ0v) is 21.8. The molecule has 0 aromatic heterocycles. The lowest BCUT2D eigenvalue weighted by Gasteiger charge is -2.36. The largest absolute Gasteiger partial charge is 0.486 e. The molecule has 0 saturated heterocycles. The van der Waals surface area contributed by atoms with E-state index < -0.39 is 18.4 Å². The van der Waals surface area contributed by atoms with E-state index in [0.717, 1.165) is 18.7 Å². The number of fused-ring (bicyclic) bond motifs is 2.